The standard InChI is InChI=1S/C12H14FNO2S/c13-8-3-4-11(10(6-8)12(14)17)16-7-9-2-1-5-15-9/h3-4,6,9H,1-2,5,7H2,(H2,14,17). The van der Waals surface area contributed by atoms with Crippen molar-refractivity contribution in [3.63, 3.8) is 0 Å². The molecule has 0 saturated carbocycles. The molecule has 1 aliphatic rings. The molecule has 0 aromatic heterocycles. The predicted octanol–water partition coefficient (Wildman–Crippen LogP) is 2.02. The molecule has 92 valence electrons. The van der Waals surface area contributed by atoms with Gasteiger partial charge in [0.25, 0.3) is 0 Å². The molecule has 0 spiro atoms. The molecule has 1 atom stereocenters. The largest absolute Gasteiger partial charge is 0.490 e. The fourth-order valence-electron chi connectivity index (χ4n) is 1.78. The molecule has 0 radical (unpaired) electrons. The second-order valence-electron chi connectivity index (χ2n) is 3.95. The first-order chi connectivity index (χ1) is 8.16. The Bertz CT molecular complexity index is 419. The van der Waals surface area contributed by atoms with Gasteiger partial charge in [0.1, 0.15) is 23.2 Å². The maximum Gasteiger partial charge on any atom is 0.129 e. The van der Waals surface area contributed by atoms with E-state index in [1.165, 1.54) is 12.1 Å². The van der Waals surface area contributed by atoms with Crippen molar-refractivity contribution in [1.82, 2.24) is 0 Å². The summed E-state index contributed by atoms with van der Waals surface area (Å²) in [5.74, 6) is 0.131. The Kier molecular flexibility index (Phi) is 3.91. The summed E-state index contributed by atoms with van der Waals surface area (Å²) in [4.78, 5) is 0.131. The fraction of sp³-hybridized carbons (Fsp3) is 0.417. The summed E-state index contributed by atoms with van der Waals surface area (Å²) in [6, 6.07) is 4.15. The van der Waals surface area contributed by atoms with Crippen molar-refractivity contribution in [3.8, 4) is 5.75 Å². The van der Waals surface area contributed by atoms with Crippen molar-refractivity contribution in [2.45, 2.75) is 18.9 Å². The van der Waals surface area contributed by atoms with Gasteiger partial charge in [0.2, 0.25) is 0 Å². The Morgan fingerprint density at radius 1 is 1.59 bits per heavy atom. The third-order valence-electron chi connectivity index (χ3n) is 2.66. The summed E-state index contributed by atoms with van der Waals surface area (Å²) in [6.07, 6.45) is 2.16. The van der Waals surface area contributed by atoms with Gasteiger partial charge in [-0.1, -0.05) is 12.2 Å². The van der Waals surface area contributed by atoms with Crippen LogP contribution in [0.2, 0.25) is 0 Å². The number of thiocarbonyl (C=S) groups is 1. The van der Waals surface area contributed by atoms with E-state index in [9.17, 15) is 4.39 Å². The molecule has 0 aliphatic carbocycles. The highest BCUT2D eigenvalue weighted by molar-refractivity contribution is 7.80. The zero-order chi connectivity index (χ0) is 12.3. The molecule has 1 aromatic carbocycles. The van der Waals surface area contributed by atoms with Crippen molar-refractivity contribution in [2.75, 3.05) is 13.2 Å². The monoisotopic (exact) mass is 255 g/mol. The minimum absolute atomic E-state index is 0.110. The molecule has 17 heavy (non-hydrogen) atoms. The van der Waals surface area contributed by atoms with Gasteiger partial charge in [-0.05, 0) is 31.0 Å². The van der Waals surface area contributed by atoms with Crippen LogP contribution in [-0.2, 0) is 4.74 Å². The lowest BCUT2D eigenvalue weighted by atomic mass is 10.2. The van der Waals surface area contributed by atoms with Crippen molar-refractivity contribution in [2.24, 2.45) is 5.73 Å². The van der Waals surface area contributed by atoms with E-state index >= 15 is 0 Å². The second-order valence-corrected chi connectivity index (χ2v) is 4.39. The quantitative estimate of drug-likeness (QED) is 0.836. The third-order valence-corrected chi connectivity index (χ3v) is 2.88. The summed E-state index contributed by atoms with van der Waals surface area (Å²) in [6.45, 7) is 1.22. The fourth-order valence-corrected chi connectivity index (χ4v) is 1.94. The minimum atomic E-state index is -0.378. The molecular formula is C12H14FNO2S. The zero-order valence-corrected chi connectivity index (χ0v) is 10.1. The van der Waals surface area contributed by atoms with Crippen molar-refractivity contribution >= 4 is 17.2 Å². The zero-order valence-electron chi connectivity index (χ0n) is 9.32. The number of ether oxygens (including phenoxy) is 2. The van der Waals surface area contributed by atoms with Gasteiger partial charge < -0.3 is 15.2 Å². The Morgan fingerprint density at radius 3 is 3.06 bits per heavy atom. The molecule has 3 nitrogen and oxygen atoms in total. The van der Waals surface area contributed by atoms with Crippen LogP contribution in [0.1, 0.15) is 18.4 Å². The van der Waals surface area contributed by atoms with Gasteiger partial charge in [-0.3, -0.25) is 0 Å². The van der Waals surface area contributed by atoms with Gasteiger partial charge in [0.15, 0.2) is 0 Å². The van der Waals surface area contributed by atoms with E-state index in [2.05, 4.69) is 0 Å². The molecule has 1 heterocycles. The average Bonchev–Trinajstić information content (AvgIpc) is 2.80. The number of hydrogen-bond acceptors (Lipinski definition) is 3. The van der Waals surface area contributed by atoms with Crippen LogP contribution in [0.25, 0.3) is 0 Å². The molecule has 2 rings (SSSR count). The van der Waals surface area contributed by atoms with Crippen LogP contribution in [0.4, 0.5) is 4.39 Å². The molecule has 1 unspecified atom stereocenters. The van der Waals surface area contributed by atoms with E-state index in [1.54, 1.807) is 6.07 Å². The number of hydrogen-bond donors (Lipinski definition) is 1. The average molecular weight is 255 g/mol. The van der Waals surface area contributed by atoms with Crippen LogP contribution in [-0.4, -0.2) is 24.3 Å². The Labute approximate surface area is 105 Å². The Hall–Kier alpha value is -1.20. The van der Waals surface area contributed by atoms with E-state index in [0.29, 0.717) is 17.9 Å². The Balaban J connectivity index is 2.06. The lowest BCUT2D eigenvalue weighted by Gasteiger charge is -2.14. The summed E-state index contributed by atoms with van der Waals surface area (Å²) in [7, 11) is 0. The molecule has 1 fully saturated rings. The van der Waals surface area contributed by atoms with Crippen LogP contribution in [0.3, 0.4) is 0 Å². The van der Waals surface area contributed by atoms with Crippen molar-refractivity contribution in [1.29, 1.82) is 0 Å². The highest BCUT2D eigenvalue weighted by atomic mass is 32.1. The third kappa shape index (κ3) is 3.14. The van der Waals surface area contributed by atoms with E-state index in [0.717, 1.165) is 19.4 Å². The summed E-state index contributed by atoms with van der Waals surface area (Å²) >= 11 is 4.86. The normalized spacial score (nSPS) is 19.2. The lowest BCUT2D eigenvalue weighted by Crippen LogP contribution is -2.18. The summed E-state index contributed by atoms with van der Waals surface area (Å²) in [5.41, 5.74) is 5.95. The first-order valence-corrected chi connectivity index (χ1v) is 5.91. The molecule has 0 amide bonds. The van der Waals surface area contributed by atoms with Crippen LogP contribution in [0, 0.1) is 5.82 Å². The number of rotatable bonds is 4. The van der Waals surface area contributed by atoms with Gasteiger partial charge in [-0.25, -0.2) is 4.39 Å². The first kappa shape index (κ1) is 12.3. The van der Waals surface area contributed by atoms with Crippen LogP contribution < -0.4 is 10.5 Å². The molecule has 1 aliphatic heterocycles. The van der Waals surface area contributed by atoms with E-state index in [4.69, 9.17) is 27.4 Å². The lowest BCUT2D eigenvalue weighted by molar-refractivity contribution is 0.0679. The van der Waals surface area contributed by atoms with E-state index < -0.39 is 0 Å². The molecule has 1 saturated heterocycles. The SMILES string of the molecule is NC(=S)c1cc(F)ccc1OCC1CCCO1. The smallest absolute Gasteiger partial charge is 0.129 e. The van der Waals surface area contributed by atoms with Crippen molar-refractivity contribution < 1.29 is 13.9 Å². The molecule has 0 bridgehead atoms. The van der Waals surface area contributed by atoms with Gasteiger partial charge in [-0.15, -0.1) is 0 Å². The maximum atomic E-state index is 13.1. The summed E-state index contributed by atoms with van der Waals surface area (Å²) < 4.78 is 24.1. The topological polar surface area (TPSA) is 44.5 Å². The predicted molar refractivity (Wildman–Crippen MR) is 66.8 cm³/mol. The van der Waals surface area contributed by atoms with Crippen LogP contribution in [0.5, 0.6) is 5.75 Å². The molecule has 5 heteroatoms. The van der Waals surface area contributed by atoms with E-state index in [-0.39, 0.29) is 16.9 Å². The highest BCUT2D eigenvalue weighted by Gasteiger charge is 2.17. The van der Waals surface area contributed by atoms with Gasteiger partial charge in [0.05, 0.1) is 11.7 Å². The number of benzene rings is 1. The van der Waals surface area contributed by atoms with Gasteiger partial charge in [0, 0.05) is 6.61 Å². The molecular weight excluding hydrogens is 241 g/mol. The second kappa shape index (κ2) is 5.42. The number of halogens is 1. The Morgan fingerprint density at radius 2 is 2.41 bits per heavy atom. The number of nitrogens with two attached hydrogens (primary N) is 1. The van der Waals surface area contributed by atoms with Crippen LogP contribution in [0.15, 0.2) is 18.2 Å². The molecule has 2 N–H and O–H groups in total. The minimum Gasteiger partial charge on any atom is -0.490 e. The maximum absolute atomic E-state index is 13.1. The van der Waals surface area contributed by atoms with E-state index in [1.807, 2.05) is 0 Å². The van der Waals surface area contributed by atoms with Gasteiger partial charge in [-0.2, -0.15) is 0 Å². The molecule has 1 aromatic rings. The van der Waals surface area contributed by atoms with Crippen molar-refractivity contribution in [3.05, 3.63) is 29.6 Å². The van der Waals surface area contributed by atoms with Crippen LogP contribution >= 0.6 is 12.2 Å². The first-order valence-electron chi connectivity index (χ1n) is 5.50. The highest BCUT2D eigenvalue weighted by Crippen LogP contribution is 2.21. The van der Waals surface area contributed by atoms with Gasteiger partial charge >= 0.3 is 0 Å². The summed E-state index contributed by atoms with van der Waals surface area (Å²) in [5, 5.41) is 0.